The Morgan fingerprint density at radius 1 is 1.11 bits per heavy atom. The van der Waals surface area contributed by atoms with Crippen LogP contribution >= 0.6 is 0 Å². The lowest BCUT2D eigenvalue weighted by Gasteiger charge is -2.38. The summed E-state index contributed by atoms with van der Waals surface area (Å²) in [5.74, 6) is -2.18. The normalized spacial score (nSPS) is 22.6. The number of aliphatic hydroxyl groups excluding tert-OH is 1. The molecular formula is C27H33N3O5. The van der Waals surface area contributed by atoms with Crippen LogP contribution in [0.15, 0.2) is 54.6 Å². The van der Waals surface area contributed by atoms with Gasteiger partial charge >= 0.3 is 0 Å². The Balaban J connectivity index is 1.61. The highest BCUT2D eigenvalue weighted by Crippen LogP contribution is 2.46. The van der Waals surface area contributed by atoms with Gasteiger partial charge in [0, 0.05) is 30.8 Å². The zero-order chi connectivity index (χ0) is 25.2. The van der Waals surface area contributed by atoms with Crippen LogP contribution < -0.4 is 5.48 Å². The van der Waals surface area contributed by atoms with E-state index in [4.69, 9.17) is 0 Å². The molecule has 35 heavy (non-hydrogen) atoms. The number of carbonyl (C=O) groups is 3. The van der Waals surface area contributed by atoms with Crippen molar-refractivity contribution in [2.45, 2.75) is 39.3 Å². The second-order valence-corrected chi connectivity index (χ2v) is 9.98. The largest absolute Gasteiger partial charge is 0.369 e. The lowest BCUT2D eigenvalue weighted by atomic mass is 9.68. The van der Waals surface area contributed by atoms with Crippen molar-refractivity contribution in [1.29, 1.82) is 0 Å². The zero-order valence-corrected chi connectivity index (χ0v) is 20.2. The quantitative estimate of drug-likeness (QED) is 0.378. The van der Waals surface area contributed by atoms with Crippen molar-refractivity contribution in [2.24, 2.45) is 17.3 Å². The summed E-state index contributed by atoms with van der Waals surface area (Å²) in [5, 5.41) is 20.5. The fourth-order valence-corrected chi connectivity index (χ4v) is 5.68. The molecule has 186 valence electrons. The Morgan fingerprint density at radius 2 is 1.80 bits per heavy atom. The molecule has 4 rings (SSSR count). The molecule has 2 aliphatic rings. The van der Waals surface area contributed by atoms with Gasteiger partial charge in [-0.2, -0.15) is 0 Å². The van der Waals surface area contributed by atoms with Gasteiger partial charge in [-0.25, -0.2) is 5.48 Å². The van der Waals surface area contributed by atoms with Crippen molar-refractivity contribution < 1.29 is 24.7 Å². The Labute approximate surface area is 205 Å². The fourth-order valence-electron chi connectivity index (χ4n) is 5.68. The van der Waals surface area contributed by atoms with Crippen molar-refractivity contribution in [2.75, 3.05) is 19.6 Å². The van der Waals surface area contributed by atoms with Gasteiger partial charge in [-0.15, -0.1) is 0 Å². The van der Waals surface area contributed by atoms with Gasteiger partial charge in [-0.05, 0) is 36.8 Å². The summed E-state index contributed by atoms with van der Waals surface area (Å²) in [6.07, 6.45) is 0.341. The van der Waals surface area contributed by atoms with Gasteiger partial charge < -0.3 is 14.9 Å². The van der Waals surface area contributed by atoms with E-state index in [1.54, 1.807) is 34.6 Å². The molecule has 0 saturated carbocycles. The summed E-state index contributed by atoms with van der Waals surface area (Å²) in [6, 6.07) is 16.7. The van der Waals surface area contributed by atoms with E-state index in [9.17, 15) is 24.7 Å². The smallest absolute Gasteiger partial charge is 0.256 e. The molecule has 8 heteroatoms. The van der Waals surface area contributed by atoms with Gasteiger partial charge in [-0.3, -0.25) is 19.6 Å². The van der Waals surface area contributed by atoms with Gasteiger partial charge in [0.1, 0.15) is 0 Å². The molecule has 2 unspecified atom stereocenters. The first kappa shape index (κ1) is 24.9. The predicted molar refractivity (Wildman–Crippen MR) is 129 cm³/mol. The molecule has 0 radical (unpaired) electrons. The first-order valence-electron chi connectivity index (χ1n) is 12.1. The molecule has 0 bridgehead atoms. The minimum absolute atomic E-state index is 0.0958. The van der Waals surface area contributed by atoms with Crippen molar-refractivity contribution in [1.82, 2.24) is 15.3 Å². The molecule has 2 aromatic rings. The molecule has 1 saturated heterocycles. The first-order valence-corrected chi connectivity index (χ1v) is 12.1. The van der Waals surface area contributed by atoms with Gasteiger partial charge in [0.05, 0.1) is 11.3 Å². The van der Waals surface area contributed by atoms with Crippen LogP contribution in [0.3, 0.4) is 0 Å². The molecule has 2 heterocycles. The lowest BCUT2D eigenvalue weighted by Crippen LogP contribution is -2.52. The summed E-state index contributed by atoms with van der Waals surface area (Å²) in [7, 11) is 0. The molecule has 2 aliphatic heterocycles. The number of carbonyl (C=O) groups excluding carboxylic acids is 3. The Hall–Kier alpha value is -3.23. The number of hydroxylamine groups is 1. The molecule has 0 aliphatic carbocycles. The van der Waals surface area contributed by atoms with Gasteiger partial charge in [0.15, 0.2) is 6.23 Å². The van der Waals surface area contributed by atoms with E-state index >= 15 is 0 Å². The second-order valence-electron chi connectivity index (χ2n) is 9.98. The molecule has 0 spiro atoms. The third-order valence-electron chi connectivity index (χ3n) is 7.33. The van der Waals surface area contributed by atoms with E-state index in [2.05, 4.69) is 0 Å². The maximum absolute atomic E-state index is 13.9. The molecule has 3 atom stereocenters. The van der Waals surface area contributed by atoms with Crippen LogP contribution in [-0.2, 0) is 16.0 Å². The molecule has 1 fully saturated rings. The minimum atomic E-state index is -1.21. The molecule has 8 nitrogen and oxygen atoms in total. The average molecular weight is 480 g/mol. The van der Waals surface area contributed by atoms with Crippen LogP contribution in [0.1, 0.15) is 54.4 Å². The van der Waals surface area contributed by atoms with Crippen molar-refractivity contribution in [3.8, 4) is 0 Å². The van der Waals surface area contributed by atoms with Crippen LogP contribution in [-0.4, -0.2) is 57.5 Å². The fraction of sp³-hybridized carbons (Fsp3) is 0.444. The summed E-state index contributed by atoms with van der Waals surface area (Å²) < 4.78 is 0. The average Bonchev–Trinajstić information content (AvgIpc) is 3.29. The Kier molecular flexibility index (Phi) is 7.23. The standard InChI is InChI=1S/C27H33N3O5/c1-18(2)16-27(13-15-29(26(27)34)14-12-19-8-4-3-5-9-19)22(23(31)28-35)17-30-24(32)20-10-6-7-11-21(20)25(30)33/h3-11,18,22,24,32,35H,12-17H2,1-2H3,(H,28,31)/t22?,24?,27-/m1/s1. The van der Waals surface area contributed by atoms with E-state index in [0.29, 0.717) is 43.5 Å². The molecule has 3 amide bonds. The molecule has 2 aromatic carbocycles. The van der Waals surface area contributed by atoms with E-state index < -0.39 is 29.4 Å². The first-order chi connectivity index (χ1) is 16.8. The lowest BCUT2D eigenvalue weighted by molar-refractivity contribution is -0.151. The number of hydrogen-bond acceptors (Lipinski definition) is 5. The summed E-state index contributed by atoms with van der Waals surface area (Å²) >= 11 is 0. The highest BCUT2D eigenvalue weighted by atomic mass is 16.5. The van der Waals surface area contributed by atoms with E-state index in [1.165, 1.54) is 4.90 Å². The van der Waals surface area contributed by atoms with Gasteiger partial charge in [0.25, 0.3) is 5.91 Å². The number of amides is 3. The zero-order valence-electron chi connectivity index (χ0n) is 20.2. The molecule has 3 N–H and O–H groups in total. The van der Waals surface area contributed by atoms with Crippen molar-refractivity contribution >= 4 is 17.7 Å². The number of benzene rings is 2. The number of nitrogens with zero attached hydrogens (tertiary/aromatic N) is 2. The molecule has 0 aromatic heterocycles. The predicted octanol–water partition coefficient (Wildman–Crippen LogP) is 2.76. The monoisotopic (exact) mass is 479 g/mol. The third-order valence-corrected chi connectivity index (χ3v) is 7.33. The van der Waals surface area contributed by atoms with Crippen LogP contribution in [0.25, 0.3) is 0 Å². The maximum atomic E-state index is 13.9. The highest BCUT2D eigenvalue weighted by molar-refractivity contribution is 5.99. The second kappa shape index (κ2) is 10.2. The number of nitrogens with one attached hydrogen (secondary N) is 1. The van der Waals surface area contributed by atoms with E-state index in [-0.39, 0.29) is 18.4 Å². The van der Waals surface area contributed by atoms with Crippen LogP contribution in [0.4, 0.5) is 0 Å². The third kappa shape index (κ3) is 4.68. The maximum Gasteiger partial charge on any atom is 0.256 e. The van der Waals surface area contributed by atoms with Crippen molar-refractivity contribution in [3.63, 3.8) is 0 Å². The highest BCUT2D eigenvalue weighted by Gasteiger charge is 2.55. The topological polar surface area (TPSA) is 110 Å². The van der Waals surface area contributed by atoms with Gasteiger partial charge in [-0.1, -0.05) is 62.4 Å². The number of rotatable bonds is 9. The number of fused-ring (bicyclic) bond motifs is 1. The summed E-state index contributed by atoms with van der Waals surface area (Å²) in [4.78, 5) is 43.0. The summed E-state index contributed by atoms with van der Waals surface area (Å²) in [5.41, 5.74) is 2.61. The molecular weight excluding hydrogens is 446 g/mol. The Morgan fingerprint density at radius 3 is 2.46 bits per heavy atom. The summed E-state index contributed by atoms with van der Waals surface area (Å²) in [6.45, 7) is 4.81. The van der Waals surface area contributed by atoms with E-state index in [0.717, 1.165) is 5.56 Å². The SMILES string of the molecule is CC(C)C[C@@]1(C(CN2C(=O)c3ccccc3C2O)C(=O)NO)CCN(CCc2ccccc2)C1=O. The van der Waals surface area contributed by atoms with Crippen LogP contribution in [0.5, 0.6) is 0 Å². The minimum Gasteiger partial charge on any atom is -0.369 e. The van der Waals surface area contributed by atoms with Crippen LogP contribution in [0.2, 0.25) is 0 Å². The van der Waals surface area contributed by atoms with Gasteiger partial charge in [0.2, 0.25) is 11.8 Å². The number of hydrogen-bond donors (Lipinski definition) is 3. The Bertz CT molecular complexity index is 1090. The van der Waals surface area contributed by atoms with Crippen LogP contribution in [0, 0.1) is 17.3 Å². The number of aliphatic hydroxyl groups is 1. The van der Waals surface area contributed by atoms with E-state index in [1.807, 2.05) is 44.2 Å². The van der Waals surface area contributed by atoms with Crippen molar-refractivity contribution in [3.05, 3.63) is 71.3 Å². The number of likely N-dealkylation sites (tertiary alicyclic amines) is 1.